The van der Waals surface area contributed by atoms with Crippen molar-refractivity contribution in [3.05, 3.63) is 46.1 Å². The van der Waals surface area contributed by atoms with Crippen LogP contribution in [0.4, 0.5) is 5.82 Å². The minimum atomic E-state index is 0.497. The van der Waals surface area contributed by atoms with Crippen LogP contribution in [0, 0.1) is 6.92 Å². The molecule has 0 radical (unpaired) electrons. The number of nitrogens with zero attached hydrogens (tertiary/aromatic N) is 2. The van der Waals surface area contributed by atoms with Gasteiger partial charge in [-0.3, -0.25) is 4.68 Å². The lowest BCUT2D eigenvalue weighted by Gasteiger charge is -2.08. The van der Waals surface area contributed by atoms with Gasteiger partial charge in [0.05, 0.1) is 18.9 Å². The minimum absolute atomic E-state index is 0.497. The lowest BCUT2D eigenvalue weighted by molar-refractivity contribution is 0.107. The molecule has 0 bridgehead atoms. The van der Waals surface area contributed by atoms with Gasteiger partial charge in [-0.1, -0.05) is 29.8 Å². The van der Waals surface area contributed by atoms with Crippen molar-refractivity contribution < 1.29 is 4.74 Å². The van der Waals surface area contributed by atoms with Gasteiger partial charge < -0.3 is 10.1 Å². The smallest absolute Gasteiger partial charge is 0.129 e. The maximum absolute atomic E-state index is 6.09. The Morgan fingerprint density at radius 3 is 2.74 bits per heavy atom. The summed E-state index contributed by atoms with van der Waals surface area (Å²) in [6.07, 6.45) is 0. The van der Waals surface area contributed by atoms with Gasteiger partial charge >= 0.3 is 0 Å². The van der Waals surface area contributed by atoms with E-state index in [0.717, 1.165) is 27.7 Å². The predicted octanol–water partition coefficient (Wildman–Crippen LogP) is 3.14. The number of hydrogen-bond acceptors (Lipinski definition) is 3. The van der Waals surface area contributed by atoms with Crippen molar-refractivity contribution in [1.29, 1.82) is 0 Å². The summed E-state index contributed by atoms with van der Waals surface area (Å²) in [5.74, 6) is 0.983. The highest BCUT2D eigenvalue weighted by atomic mass is 35.5. The zero-order valence-electron chi connectivity index (χ0n) is 11.4. The van der Waals surface area contributed by atoms with Crippen LogP contribution in [0.5, 0.6) is 0 Å². The number of aryl methyl sites for hydroxylation is 2. The van der Waals surface area contributed by atoms with Crippen LogP contribution in [0.15, 0.2) is 24.3 Å². The largest absolute Gasteiger partial charge is 0.373 e. The first-order valence-electron chi connectivity index (χ1n) is 6.15. The second kappa shape index (κ2) is 6.08. The van der Waals surface area contributed by atoms with Gasteiger partial charge in [-0.25, -0.2) is 0 Å². The second-order valence-electron chi connectivity index (χ2n) is 4.37. The molecule has 0 saturated carbocycles. The van der Waals surface area contributed by atoms with E-state index in [-0.39, 0.29) is 0 Å². The highest BCUT2D eigenvalue weighted by molar-refractivity contribution is 6.31. The van der Waals surface area contributed by atoms with E-state index in [1.165, 1.54) is 0 Å². The van der Waals surface area contributed by atoms with E-state index < -0.39 is 0 Å². The monoisotopic (exact) mass is 279 g/mol. The van der Waals surface area contributed by atoms with E-state index in [1.54, 1.807) is 0 Å². The van der Waals surface area contributed by atoms with Crippen LogP contribution >= 0.6 is 11.6 Å². The first-order valence-corrected chi connectivity index (χ1v) is 6.52. The number of anilines is 1. The lowest BCUT2D eigenvalue weighted by Crippen LogP contribution is -2.02. The molecule has 0 spiro atoms. The van der Waals surface area contributed by atoms with Gasteiger partial charge in [-0.05, 0) is 18.6 Å². The molecular formula is C14H18ClN3O. The zero-order valence-corrected chi connectivity index (χ0v) is 12.2. The Hall–Kier alpha value is -1.52. The van der Waals surface area contributed by atoms with Crippen molar-refractivity contribution in [2.75, 3.05) is 12.4 Å². The van der Waals surface area contributed by atoms with Crippen molar-refractivity contribution >= 4 is 17.4 Å². The topological polar surface area (TPSA) is 39.1 Å². The molecule has 1 N–H and O–H groups in total. The third-order valence-electron chi connectivity index (χ3n) is 3.04. The summed E-state index contributed by atoms with van der Waals surface area (Å²) >= 11 is 6.09. The maximum atomic E-state index is 6.09. The van der Waals surface area contributed by atoms with Crippen LogP contribution in [-0.2, 0) is 25.0 Å². The standard InChI is InChI=1S/C14H18ClN3O/c1-10-12(14(16-2)18(3)17-10)9-19-8-11-6-4-5-7-13(11)15/h4-7,16H,8-9H2,1-3H3. The van der Waals surface area contributed by atoms with E-state index in [2.05, 4.69) is 10.4 Å². The van der Waals surface area contributed by atoms with Crippen LogP contribution in [0.25, 0.3) is 0 Å². The molecule has 4 nitrogen and oxygen atoms in total. The molecule has 0 fully saturated rings. The molecule has 1 aromatic carbocycles. The Morgan fingerprint density at radius 2 is 2.05 bits per heavy atom. The molecule has 0 unspecified atom stereocenters. The molecule has 5 heteroatoms. The number of rotatable bonds is 5. The molecule has 0 aliphatic rings. The number of benzene rings is 1. The Bertz CT molecular complexity index is 566. The van der Waals surface area contributed by atoms with E-state index in [1.807, 2.05) is 50.0 Å². The number of aromatic nitrogens is 2. The highest BCUT2D eigenvalue weighted by Gasteiger charge is 2.12. The Labute approximate surface area is 118 Å². The van der Waals surface area contributed by atoms with Crippen LogP contribution in [0.2, 0.25) is 5.02 Å². The molecule has 19 heavy (non-hydrogen) atoms. The number of hydrogen-bond donors (Lipinski definition) is 1. The average Bonchev–Trinajstić information content (AvgIpc) is 2.66. The summed E-state index contributed by atoms with van der Waals surface area (Å²) < 4.78 is 7.57. The zero-order chi connectivity index (χ0) is 13.8. The van der Waals surface area contributed by atoms with E-state index in [4.69, 9.17) is 16.3 Å². The van der Waals surface area contributed by atoms with Gasteiger partial charge in [-0.2, -0.15) is 5.10 Å². The Balaban J connectivity index is 2.02. The van der Waals surface area contributed by atoms with Gasteiger partial charge in [0.1, 0.15) is 5.82 Å². The van der Waals surface area contributed by atoms with Crippen LogP contribution < -0.4 is 5.32 Å². The summed E-state index contributed by atoms with van der Waals surface area (Å²) in [6, 6.07) is 7.71. The summed E-state index contributed by atoms with van der Waals surface area (Å²) in [7, 11) is 3.80. The van der Waals surface area contributed by atoms with Crippen molar-refractivity contribution in [2.24, 2.45) is 7.05 Å². The van der Waals surface area contributed by atoms with Crippen LogP contribution in [-0.4, -0.2) is 16.8 Å². The average molecular weight is 280 g/mol. The number of ether oxygens (including phenoxy) is 1. The highest BCUT2D eigenvalue weighted by Crippen LogP contribution is 2.21. The number of nitrogens with one attached hydrogen (secondary N) is 1. The van der Waals surface area contributed by atoms with Gasteiger partial charge in [0.15, 0.2) is 0 Å². The molecule has 2 aromatic rings. The van der Waals surface area contributed by atoms with Crippen LogP contribution in [0.3, 0.4) is 0 Å². The van der Waals surface area contributed by atoms with E-state index in [0.29, 0.717) is 13.2 Å². The summed E-state index contributed by atoms with van der Waals surface area (Å²) in [5, 5.41) is 8.25. The molecule has 102 valence electrons. The fourth-order valence-electron chi connectivity index (χ4n) is 2.07. The molecule has 2 rings (SSSR count). The maximum Gasteiger partial charge on any atom is 0.129 e. The normalized spacial score (nSPS) is 10.7. The minimum Gasteiger partial charge on any atom is -0.373 e. The molecule has 0 atom stereocenters. The van der Waals surface area contributed by atoms with Crippen molar-refractivity contribution in [1.82, 2.24) is 9.78 Å². The van der Waals surface area contributed by atoms with Gasteiger partial charge in [-0.15, -0.1) is 0 Å². The summed E-state index contributed by atoms with van der Waals surface area (Å²) in [4.78, 5) is 0. The predicted molar refractivity (Wildman–Crippen MR) is 77.4 cm³/mol. The van der Waals surface area contributed by atoms with E-state index >= 15 is 0 Å². The molecule has 1 aromatic heterocycles. The third-order valence-corrected chi connectivity index (χ3v) is 3.41. The lowest BCUT2D eigenvalue weighted by atomic mass is 10.2. The molecule has 0 aliphatic carbocycles. The summed E-state index contributed by atoms with van der Waals surface area (Å²) in [5.41, 5.74) is 3.06. The fourth-order valence-corrected chi connectivity index (χ4v) is 2.26. The Morgan fingerprint density at radius 1 is 1.32 bits per heavy atom. The Kier molecular flexibility index (Phi) is 4.45. The van der Waals surface area contributed by atoms with Gasteiger partial charge in [0.25, 0.3) is 0 Å². The summed E-state index contributed by atoms with van der Waals surface area (Å²) in [6.45, 7) is 2.99. The number of halogens is 1. The van der Waals surface area contributed by atoms with E-state index in [9.17, 15) is 0 Å². The molecule has 1 heterocycles. The first kappa shape index (κ1) is 13.9. The molecule has 0 aliphatic heterocycles. The second-order valence-corrected chi connectivity index (χ2v) is 4.78. The molecular weight excluding hydrogens is 262 g/mol. The quantitative estimate of drug-likeness (QED) is 0.914. The molecule has 0 amide bonds. The third kappa shape index (κ3) is 3.08. The van der Waals surface area contributed by atoms with Crippen molar-refractivity contribution in [2.45, 2.75) is 20.1 Å². The van der Waals surface area contributed by atoms with Crippen molar-refractivity contribution in [3.8, 4) is 0 Å². The van der Waals surface area contributed by atoms with Gasteiger partial charge in [0.2, 0.25) is 0 Å². The first-order chi connectivity index (χ1) is 9.13. The van der Waals surface area contributed by atoms with Gasteiger partial charge in [0, 0.05) is 24.7 Å². The SMILES string of the molecule is CNc1c(COCc2ccccc2Cl)c(C)nn1C. The molecule has 0 saturated heterocycles. The van der Waals surface area contributed by atoms with Crippen LogP contribution in [0.1, 0.15) is 16.8 Å². The fraction of sp³-hybridized carbons (Fsp3) is 0.357. The van der Waals surface area contributed by atoms with Crippen molar-refractivity contribution in [3.63, 3.8) is 0 Å².